The Balaban J connectivity index is 4.53. The summed E-state index contributed by atoms with van der Waals surface area (Å²) >= 11 is 5.61. The molecule has 0 unspecified atom stereocenters. The highest BCUT2D eigenvalue weighted by Crippen LogP contribution is 2.57. The molecule has 3 heteroatoms. The van der Waals surface area contributed by atoms with Gasteiger partial charge in [0.25, 0.3) is 0 Å². The van der Waals surface area contributed by atoms with E-state index in [0.29, 0.717) is 11.3 Å². The van der Waals surface area contributed by atoms with Gasteiger partial charge < -0.3 is 4.52 Å². The van der Waals surface area contributed by atoms with Gasteiger partial charge in [0, 0.05) is 11.3 Å². The van der Waals surface area contributed by atoms with Crippen molar-refractivity contribution in [3.8, 4) is 0 Å². The number of hydrogen-bond donors (Lipinski definition) is 0. The van der Waals surface area contributed by atoms with Crippen LogP contribution >= 0.6 is 6.26 Å². The second-order valence-electron chi connectivity index (χ2n) is 3.99. The first-order chi connectivity index (χ1) is 5.30. The molecule has 0 amide bonds. The Morgan fingerprint density at radius 1 is 0.917 bits per heavy atom. The smallest absolute Gasteiger partial charge is 0.0725 e. The highest BCUT2D eigenvalue weighted by atomic mass is 32.4. The van der Waals surface area contributed by atoms with Crippen molar-refractivity contribution in [3.05, 3.63) is 0 Å². The standard InChI is InChI=1S/C9H21OPS/c1-7(2)10-11(12,8(3)4)9(5)6/h7-9H,1-6H3. The monoisotopic (exact) mass is 208 g/mol. The van der Waals surface area contributed by atoms with E-state index in [1.54, 1.807) is 0 Å². The molecule has 0 saturated carbocycles. The number of hydrogen-bond acceptors (Lipinski definition) is 2. The third-order valence-electron chi connectivity index (χ3n) is 1.82. The van der Waals surface area contributed by atoms with Crippen LogP contribution in [-0.2, 0) is 16.3 Å². The van der Waals surface area contributed by atoms with Gasteiger partial charge in [0.1, 0.15) is 0 Å². The lowest BCUT2D eigenvalue weighted by atomic mass is 10.5. The summed E-state index contributed by atoms with van der Waals surface area (Å²) in [5.41, 5.74) is 0.991. The van der Waals surface area contributed by atoms with Crippen molar-refractivity contribution in [1.29, 1.82) is 0 Å². The van der Waals surface area contributed by atoms with Gasteiger partial charge in [-0.1, -0.05) is 39.5 Å². The van der Waals surface area contributed by atoms with E-state index >= 15 is 0 Å². The first-order valence-corrected chi connectivity index (χ1v) is 7.44. The summed E-state index contributed by atoms with van der Waals surface area (Å²) in [6.07, 6.45) is -1.32. The molecule has 0 aromatic heterocycles. The van der Waals surface area contributed by atoms with Crippen molar-refractivity contribution >= 4 is 18.1 Å². The molecule has 0 heterocycles. The minimum atomic E-state index is -1.59. The zero-order valence-electron chi connectivity index (χ0n) is 9.00. The molecule has 0 aliphatic heterocycles. The summed E-state index contributed by atoms with van der Waals surface area (Å²) in [7, 11) is 0. The Morgan fingerprint density at radius 3 is 1.33 bits per heavy atom. The molecule has 1 nitrogen and oxygen atoms in total. The van der Waals surface area contributed by atoms with Gasteiger partial charge in [-0.25, -0.2) is 0 Å². The molecule has 0 radical (unpaired) electrons. The molecular formula is C9H21OPS. The summed E-state index contributed by atoms with van der Waals surface area (Å²) in [5, 5.41) is 0. The average Bonchev–Trinajstić information content (AvgIpc) is 1.84. The maximum absolute atomic E-state index is 5.89. The van der Waals surface area contributed by atoms with Gasteiger partial charge in [0.2, 0.25) is 0 Å². The molecule has 0 rings (SSSR count). The predicted octanol–water partition coefficient (Wildman–Crippen LogP) is 3.62. The molecule has 0 aromatic carbocycles. The summed E-state index contributed by atoms with van der Waals surface area (Å²) < 4.78 is 5.89. The molecule has 0 aliphatic carbocycles. The lowest BCUT2D eigenvalue weighted by molar-refractivity contribution is 0.263. The molecule has 0 spiro atoms. The van der Waals surface area contributed by atoms with Crippen molar-refractivity contribution in [2.45, 2.75) is 59.0 Å². The Morgan fingerprint density at radius 2 is 1.25 bits per heavy atom. The van der Waals surface area contributed by atoms with Crippen LogP contribution in [0, 0.1) is 0 Å². The van der Waals surface area contributed by atoms with Crippen LogP contribution in [0.15, 0.2) is 0 Å². The Kier molecular flexibility index (Phi) is 4.98. The summed E-state index contributed by atoms with van der Waals surface area (Å²) in [4.78, 5) is 0. The third kappa shape index (κ3) is 3.16. The van der Waals surface area contributed by atoms with Gasteiger partial charge in [-0.3, -0.25) is 0 Å². The van der Waals surface area contributed by atoms with Crippen LogP contribution in [0.3, 0.4) is 0 Å². The van der Waals surface area contributed by atoms with Crippen LogP contribution in [0.25, 0.3) is 0 Å². The van der Waals surface area contributed by atoms with Crippen molar-refractivity contribution in [1.82, 2.24) is 0 Å². The van der Waals surface area contributed by atoms with E-state index in [0.717, 1.165) is 0 Å². The van der Waals surface area contributed by atoms with Crippen molar-refractivity contribution < 1.29 is 4.52 Å². The quantitative estimate of drug-likeness (QED) is 0.652. The molecule has 0 bridgehead atoms. The van der Waals surface area contributed by atoms with Gasteiger partial charge in [-0.05, 0) is 13.8 Å². The van der Waals surface area contributed by atoms with Crippen LogP contribution in [0.4, 0.5) is 0 Å². The van der Waals surface area contributed by atoms with Crippen LogP contribution in [0.5, 0.6) is 0 Å². The summed E-state index contributed by atoms with van der Waals surface area (Å²) in [6.45, 7) is 12.8. The van der Waals surface area contributed by atoms with Crippen LogP contribution in [-0.4, -0.2) is 17.4 Å². The molecule has 0 fully saturated rings. The zero-order valence-corrected chi connectivity index (χ0v) is 10.7. The van der Waals surface area contributed by atoms with E-state index in [-0.39, 0.29) is 6.10 Å². The van der Waals surface area contributed by atoms with E-state index in [4.69, 9.17) is 16.3 Å². The molecule has 0 atom stereocenters. The topological polar surface area (TPSA) is 9.23 Å². The first kappa shape index (κ1) is 12.6. The fourth-order valence-corrected chi connectivity index (χ4v) is 4.02. The Labute approximate surface area is 82.0 Å². The van der Waals surface area contributed by atoms with E-state index < -0.39 is 6.26 Å². The van der Waals surface area contributed by atoms with Gasteiger partial charge in [0.05, 0.1) is 12.4 Å². The molecule has 12 heavy (non-hydrogen) atoms. The number of rotatable bonds is 4. The van der Waals surface area contributed by atoms with Crippen molar-refractivity contribution in [2.75, 3.05) is 0 Å². The van der Waals surface area contributed by atoms with Crippen LogP contribution in [0.2, 0.25) is 0 Å². The molecule has 0 saturated heterocycles. The summed E-state index contributed by atoms with van der Waals surface area (Å²) in [6, 6.07) is 0. The first-order valence-electron chi connectivity index (χ1n) is 4.58. The SMILES string of the molecule is CC(C)OP(=S)(C(C)C)C(C)C. The van der Waals surface area contributed by atoms with E-state index in [1.165, 1.54) is 0 Å². The van der Waals surface area contributed by atoms with E-state index in [1.807, 2.05) is 0 Å². The molecular weight excluding hydrogens is 187 g/mol. The van der Waals surface area contributed by atoms with Gasteiger partial charge in [-0.15, -0.1) is 0 Å². The Hall–Kier alpha value is 0.610. The predicted molar refractivity (Wildman–Crippen MR) is 60.8 cm³/mol. The highest BCUT2D eigenvalue weighted by Gasteiger charge is 2.27. The zero-order chi connectivity index (χ0) is 9.94. The van der Waals surface area contributed by atoms with Gasteiger partial charge in [-0.2, -0.15) is 0 Å². The average molecular weight is 208 g/mol. The van der Waals surface area contributed by atoms with E-state index in [2.05, 4.69) is 41.5 Å². The lowest BCUT2D eigenvalue weighted by Gasteiger charge is -2.31. The van der Waals surface area contributed by atoms with Gasteiger partial charge >= 0.3 is 0 Å². The molecule has 0 aliphatic rings. The summed E-state index contributed by atoms with van der Waals surface area (Å²) in [5.74, 6) is 0. The van der Waals surface area contributed by atoms with E-state index in [9.17, 15) is 0 Å². The second-order valence-corrected chi connectivity index (χ2v) is 9.27. The molecule has 74 valence electrons. The fraction of sp³-hybridized carbons (Fsp3) is 1.00. The Bertz CT molecular complexity index is 163. The van der Waals surface area contributed by atoms with Crippen molar-refractivity contribution in [2.24, 2.45) is 0 Å². The minimum absolute atomic E-state index is 0.264. The second kappa shape index (κ2) is 4.74. The molecule has 0 aromatic rings. The fourth-order valence-electron chi connectivity index (χ4n) is 1.17. The van der Waals surface area contributed by atoms with Gasteiger partial charge in [0.15, 0.2) is 0 Å². The normalized spacial score (nSPS) is 13.4. The minimum Gasteiger partial charge on any atom is -0.348 e. The van der Waals surface area contributed by atoms with Crippen LogP contribution < -0.4 is 0 Å². The third-order valence-corrected chi connectivity index (χ3v) is 8.23. The highest BCUT2D eigenvalue weighted by molar-refractivity contribution is 8.12. The maximum Gasteiger partial charge on any atom is 0.0725 e. The molecule has 0 N–H and O–H groups in total. The maximum atomic E-state index is 5.89. The lowest BCUT2D eigenvalue weighted by Crippen LogP contribution is -2.14. The largest absolute Gasteiger partial charge is 0.348 e. The van der Waals surface area contributed by atoms with Crippen LogP contribution in [0.1, 0.15) is 41.5 Å². The van der Waals surface area contributed by atoms with Crippen molar-refractivity contribution in [3.63, 3.8) is 0 Å².